The number of amides is 2. The van der Waals surface area contributed by atoms with Gasteiger partial charge in [-0.2, -0.15) is 0 Å². The van der Waals surface area contributed by atoms with E-state index in [1.54, 1.807) is 51.9 Å². The summed E-state index contributed by atoms with van der Waals surface area (Å²) in [4.78, 5) is 30.4. The highest BCUT2D eigenvalue weighted by atomic mass is 19.1. The summed E-state index contributed by atoms with van der Waals surface area (Å²) in [5.74, 6) is -0.406. The molecular weight excluding hydrogens is 351 g/mol. The number of carbonyl (C=O) groups excluding carboxylic acids is 2. The van der Waals surface area contributed by atoms with Crippen molar-refractivity contribution >= 4 is 29.2 Å². The molecule has 0 saturated heterocycles. The zero-order valence-electron chi connectivity index (χ0n) is 16.0. The summed E-state index contributed by atoms with van der Waals surface area (Å²) in [6.45, 7) is 5.18. The van der Waals surface area contributed by atoms with Crippen molar-refractivity contribution in [1.82, 2.24) is 4.98 Å². The zero-order chi connectivity index (χ0) is 20.2. The van der Waals surface area contributed by atoms with Crippen LogP contribution in [0.5, 0.6) is 0 Å². The third kappa shape index (κ3) is 5.95. The van der Waals surface area contributed by atoms with Crippen LogP contribution in [0.1, 0.15) is 31.1 Å². The van der Waals surface area contributed by atoms with Crippen LogP contribution >= 0.6 is 0 Å². The lowest BCUT2D eigenvalue weighted by molar-refractivity contribution is 0.0635. The molecule has 0 unspecified atom stereocenters. The van der Waals surface area contributed by atoms with Crippen LogP contribution in [0.3, 0.4) is 0 Å². The Morgan fingerprint density at radius 2 is 1.78 bits per heavy atom. The second-order valence-electron chi connectivity index (χ2n) is 7.07. The molecule has 0 bridgehead atoms. The molecule has 0 fully saturated rings. The second kappa shape index (κ2) is 8.03. The van der Waals surface area contributed by atoms with E-state index in [4.69, 9.17) is 4.74 Å². The van der Waals surface area contributed by atoms with Gasteiger partial charge in [0.05, 0.1) is 11.4 Å². The van der Waals surface area contributed by atoms with E-state index in [-0.39, 0.29) is 11.4 Å². The fraction of sp³-hybridized carbons (Fsp3) is 0.316. The molecule has 0 radical (unpaired) electrons. The van der Waals surface area contributed by atoms with Crippen LogP contribution < -0.4 is 15.5 Å². The summed E-state index contributed by atoms with van der Waals surface area (Å²) < 4.78 is 18.9. The number of hydrogen-bond acceptors (Lipinski definition) is 5. The zero-order valence-corrected chi connectivity index (χ0v) is 16.0. The maximum absolute atomic E-state index is 13.7. The number of carbonyl (C=O) groups is 2. The van der Waals surface area contributed by atoms with E-state index in [0.717, 1.165) is 6.07 Å². The molecule has 0 aliphatic rings. The summed E-state index contributed by atoms with van der Waals surface area (Å²) in [5.41, 5.74) is 0.00352. The predicted octanol–water partition coefficient (Wildman–Crippen LogP) is 3.89. The molecule has 1 aromatic heterocycles. The fourth-order valence-electron chi connectivity index (χ4n) is 2.14. The van der Waals surface area contributed by atoms with Crippen molar-refractivity contribution in [3.8, 4) is 0 Å². The van der Waals surface area contributed by atoms with Crippen molar-refractivity contribution in [3.05, 3.63) is 47.9 Å². The number of ether oxygens (including phenoxy) is 1. The van der Waals surface area contributed by atoms with Gasteiger partial charge in [-0.1, -0.05) is 0 Å². The first-order valence-electron chi connectivity index (χ1n) is 8.29. The van der Waals surface area contributed by atoms with Gasteiger partial charge in [-0.15, -0.1) is 0 Å². The molecule has 2 N–H and O–H groups in total. The predicted molar refractivity (Wildman–Crippen MR) is 103 cm³/mol. The molecular formula is C19H23FN4O3. The van der Waals surface area contributed by atoms with Crippen molar-refractivity contribution < 1.29 is 18.7 Å². The smallest absolute Gasteiger partial charge is 0.412 e. The first-order chi connectivity index (χ1) is 12.5. The minimum Gasteiger partial charge on any atom is -0.444 e. The van der Waals surface area contributed by atoms with E-state index in [1.807, 2.05) is 0 Å². The molecule has 0 spiro atoms. The first-order valence-corrected chi connectivity index (χ1v) is 8.29. The maximum atomic E-state index is 13.7. The van der Waals surface area contributed by atoms with Gasteiger partial charge in [0.15, 0.2) is 0 Å². The molecule has 0 atom stereocenters. The molecule has 2 rings (SSSR count). The Kier molecular flexibility index (Phi) is 5.99. The average Bonchev–Trinajstić information content (AvgIpc) is 2.55. The van der Waals surface area contributed by atoms with Gasteiger partial charge in [0, 0.05) is 25.9 Å². The lowest BCUT2D eigenvalue weighted by Crippen LogP contribution is -2.27. The first kappa shape index (κ1) is 20.2. The van der Waals surface area contributed by atoms with Crippen LogP contribution in [-0.2, 0) is 4.74 Å². The normalized spacial score (nSPS) is 10.9. The Morgan fingerprint density at radius 3 is 2.41 bits per heavy atom. The van der Waals surface area contributed by atoms with E-state index in [1.165, 1.54) is 18.3 Å². The van der Waals surface area contributed by atoms with Crippen LogP contribution in [0.25, 0.3) is 0 Å². The molecule has 0 aliphatic carbocycles. The van der Waals surface area contributed by atoms with Gasteiger partial charge >= 0.3 is 6.09 Å². The van der Waals surface area contributed by atoms with Crippen molar-refractivity contribution in [3.63, 3.8) is 0 Å². The van der Waals surface area contributed by atoms with Gasteiger partial charge < -0.3 is 15.0 Å². The number of pyridine rings is 1. The second-order valence-corrected chi connectivity index (χ2v) is 7.07. The Balaban J connectivity index is 2.22. The highest BCUT2D eigenvalue weighted by Crippen LogP contribution is 2.24. The molecule has 8 heteroatoms. The monoisotopic (exact) mass is 374 g/mol. The van der Waals surface area contributed by atoms with E-state index in [2.05, 4.69) is 15.6 Å². The van der Waals surface area contributed by atoms with Gasteiger partial charge in [0.25, 0.3) is 5.91 Å². The van der Waals surface area contributed by atoms with Gasteiger partial charge in [0.2, 0.25) is 0 Å². The fourth-order valence-corrected chi connectivity index (χ4v) is 2.14. The summed E-state index contributed by atoms with van der Waals surface area (Å²) >= 11 is 0. The standard InChI is InChI=1S/C19H23FN4O3/c1-19(2,3)27-18(26)23-14-7-6-13(20)11-15(14)22-17(25)12-8-9-21-16(10-12)24(4)5/h6-11H,1-5H3,(H,22,25)(H,23,26). The van der Waals surface area contributed by atoms with Gasteiger partial charge in [0.1, 0.15) is 17.2 Å². The van der Waals surface area contributed by atoms with Crippen molar-refractivity contribution in [2.45, 2.75) is 26.4 Å². The van der Waals surface area contributed by atoms with Crippen molar-refractivity contribution in [1.29, 1.82) is 0 Å². The van der Waals surface area contributed by atoms with Crippen LogP contribution in [0.2, 0.25) is 0 Å². The molecule has 2 amide bonds. The Bertz CT molecular complexity index is 847. The van der Waals surface area contributed by atoms with Crippen molar-refractivity contribution in [2.75, 3.05) is 29.6 Å². The molecule has 27 heavy (non-hydrogen) atoms. The van der Waals surface area contributed by atoms with E-state index in [9.17, 15) is 14.0 Å². The van der Waals surface area contributed by atoms with Gasteiger partial charge in [-0.05, 0) is 51.1 Å². The van der Waals surface area contributed by atoms with Crippen LogP contribution in [0, 0.1) is 5.82 Å². The molecule has 2 aromatic rings. The minimum atomic E-state index is -0.705. The molecule has 144 valence electrons. The number of hydrogen-bond donors (Lipinski definition) is 2. The highest BCUT2D eigenvalue weighted by molar-refractivity contribution is 6.07. The number of halogens is 1. The number of aromatic nitrogens is 1. The van der Waals surface area contributed by atoms with Gasteiger partial charge in [-0.25, -0.2) is 14.2 Å². The van der Waals surface area contributed by atoms with Crippen LogP contribution in [-0.4, -0.2) is 36.7 Å². The average molecular weight is 374 g/mol. The van der Waals surface area contributed by atoms with Crippen LogP contribution in [0.4, 0.5) is 26.4 Å². The highest BCUT2D eigenvalue weighted by Gasteiger charge is 2.18. The van der Waals surface area contributed by atoms with E-state index in [0.29, 0.717) is 11.4 Å². The van der Waals surface area contributed by atoms with Crippen LogP contribution in [0.15, 0.2) is 36.5 Å². The van der Waals surface area contributed by atoms with E-state index < -0.39 is 23.4 Å². The SMILES string of the molecule is CN(C)c1cc(C(=O)Nc2cc(F)ccc2NC(=O)OC(C)(C)C)ccn1. The number of nitrogens with one attached hydrogen (secondary N) is 2. The number of nitrogens with zero attached hydrogens (tertiary/aromatic N) is 2. The minimum absolute atomic E-state index is 0.120. The van der Waals surface area contributed by atoms with Crippen molar-refractivity contribution in [2.24, 2.45) is 0 Å². The third-order valence-electron chi connectivity index (χ3n) is 3.33. The lowest BCUT2D eigenvalue weighted by atomic mass is 10.2. The summed E-state index contributed by atoms with van der Waals surface area (Å²) in [6, 6.07) is 6.81. The molecule has 7 nitrogen and oxygen atoms in total. The Labute approximate surface area is 157 Å². The molecule has 0 aliphatic heterocycles. The quantitative estimate of drug-likeness (QED) is 0.848. The number of anilines is 3. The largest absolute Gasteiger partial charge is 0.444 e. The molecule has 0 saturated carbocycles. The number of benzene rings is 1. The summed E-state index contributed by atoms with van der Waals surface area (Å²) in [7, 11) is 3.61. The topological polar surface area (TPSA) is 83.6 Å². The molecule has 1 heterocycles. The summed E-state index contributed by atoms with van der Waals surface area (Å²) in [5, 5.41) is 5.12. The Hall–Kier alpha value is -3.16. The molecule has 1 aromatic carbocycles. The summed E-state index contributed by atoms with van der Waals surface area (Å²) in [6.07, 6.45) is 0.804. The third-order valence-corrected chi connectivity index (χ3v) is 3.33. The van der Waals surface area contributed by atoms with E-state index >= 15 is 0 Å². The maximum Gasteiger partial charge on any atom is 0.412 e. The number of rotatable bonds is 4. The lowest BCUT2D eigenvalue weighted by Gasteiger charge is -2.20. The van der Waals surface area contributed by atoms with Gasteiger partial charge in [-0.3, -0.25) is 10.1 Å². The Morgan fingerprint density at radius 1 is 1.07 bits per heavy atom.